The molecular weight excluding hydrogens is 420 g/mol. The second kappa shape index (κ2) is 8.04. The van der Waals surface area contributed by atoms with E-state index in [4.69, 9.17) is 16.3 Å². The number of nitrogens with zero attached hydrogens (tertiary/aromatic N) is 1. The highest BCUT2D eigenvalue weighted by Crippen LogP contribution is 2.37. The predicted octanol–water partition coefficient (Wildman–Crippen LogP) is 3.02. The fourth-order valence-electron chi connectivity index (χ4n) is 3.26. The summed E-state index contributed by atoms with van der Waals surface area (Å²) in [6.45, 7) is 1.28. The molecule has 2 heterocycles. The number of halogens is 1. The third-order valence-corrected chi connectivity index (χ3v) is 8.42. The number of thioether (sulfide) groups is 1. The second-order valence-electron chi connectivity index (χ2n) is 6.57. The van der Waals surface area contributed by atoms with Crippen molar-refractivity contribution >= 4 is 45.0 Å². The Kier molecular flexibility index (Phi) is 5.66. The van der Waals surface area contributed by atoms with E-state index in [9.17, 15) is 13.2 Å². The van der Waals surface area contributed by atoms with E-state index < -0.39 is 10.0 Å². The van der Waals surface area contributed by atoms with E-state index in [1.54, 1.807) is 6.07 Å². The maximum Gasteiger partial charge on any atom is 0.244 e. The van der Waals surface area contributed by atoms with Crippen LogP contribution in [-0.2, 0) is 26.0 Å². The first kappa shape index (κ1) is 19.7. The minimum absolute atomic E-state index is 0.00349. The molecular formula is C19H19ClN2O4S2. The molecule has 4 rings (SSSR count). The van der Waals surface area contributed by atoms with Gasteiger partial charge in [-0.1, -0.05) is 29.8 Å². The van der Waals surface area contributed by atoms with Gasteiger partial charge in [-0.25, -0.2) is 8.42 Å². The quantitative estimate of drug-likeness (QED) is 0.794. The van der Waals surface area contributed by atoms with Crippen molar-refractivity contribution in [2.45, 2.75) is 21.5 Å². The molecule has 0 radical (unpaired) electrons. The number of carbonyl (C=O) groups is 1. The van der Waals surface area contributed by atoms with Gasteiger partial charge in [0, 0.05) is 23.7 Å². The van der Waals surface area contributed by atoms with Crippen molar-refractivity contribution in [2.75, 3.05) is 31.6 Å². The van der Waals surface area contributed by atoms with Gasteiger partial charge in [-0.05, 0) is 36.2 Å². The fourth-order valence-corrected chi connectivity index (χ4v) is 6.36. The number of morpholine rings is 1. The van der Waals surface area contributed by atoms with E-state index in [1.807, 2.05) is 24.3 Å². The molecule has 0 bridgehead atoms. The van der Waals surface area contributed by atoms with Crippen molar-refractivity contribution in [2.24, 2.45) is 0 Å². The maximum absolute atomic E-state index is 12.9. The van der Waals surface area contributed by atoms with Crippen LogP contribution in [-0.4, -0.2) is 50.2 Å². The molecule has 0 saturated carbocycles. The van der Waals surface area contributed by atoms with Gasteiger partial charge >= 0.3 is 0 Å². The molecule has 1 N–H and O–H groups in total. The van der Waals surface area contributed by atoms with Gasteiger partial charge in [-0.3, -0.25) is 4.79 Å². The third kappa shape index (κ3) is 3.92. The summed E-state index contributed by atoms with van der Waals surface area (Å²) in [6, 6.07) is 12.5. The molecule has 2 aromatic carbocycles. The zero-order chi connectivity index (χ0) is 19.7. The van der Waals surface area contributed by atoms with Gasteiger partial charge in [0.05, 0.1) is 23.5 Å². The zero-order valence-corrected chi connectivity index (χ0v) is 17.3. The molecule has 1 saturated heterocycles. The van der Waals surface area contributed by atoms with Gasteiger partial charge in [-0.2, -0.15) is 4.31 Å². The first-order valence-electron chi connectivity index (χ1n) is 8.88. The first-order chi connectivity index (χ1) is 13.4. The van der Waals surface area contributed by atoms with Crippen LogP contribution < -0.4 is 5.32 Å². The predicted molar refractivity (Wildman–Crippen MR) is 109 cm³/mol. The van der Waals surface area contributed by atoms with Gasteiger partial charge in [0.25, 0.3) is 0 Å². The molecule has 0 spiro atoms. The Labute approximate surface area is 173 Å². The number of carbonyl (C=O) groups excluding carboxylic acids is 1. The minimum Gasteiger partial charge on any atom is -0.379 e. The van der Waals surface area contributed by atoms with E-state index in [2.05, 4.69) is 5.32 Å². The van der Waals surface area contributed by atoms with Crippen LogP contribution in [0.5, 0.6) is 0 Å². The van der Waals surface area contributed by atoms with Crippen molar-refractivity contribution in [3.05, 3.63) is 53.1 Å². The number of fused-ring (bicyclic) bond motifs is 1. The van der Waals surface area contributed by atoms with E-state index in [0.717, 1.165) is 10.5 Å². The van der Waals surface area contributed by atoms with Crippen molar-refractivity contribution in [1.29, 1.82) is 0 Å². The summed E-state index contributed by atoms with van der Waals surface area (Å²) in [4.78, 5) is 13.8. The number of anilines is 1. The van der Waals surface area contributed by atoms with E-state index in [1.165, 1.54) is 28.2 Å². The Balaban J connectivity index is 1.52. The molecule has 0 aromatic heterocycles. The maximum atomic E-state index is 12.9. The van der Waals surface area contributed by atoms with Crippen LogP contribution in [0, 0.1) is 0 Å². The molecule has 2 aromatic rings. The van der Waals surface area contributed by atoms with Crippen LogP contribution in [0.1, 0.15) is 5.56 Å². The highest BCUT2D eigenvalue weighted by molar-refractivity contribution is 8.01. The van der Waals surface area contributed by atoms with Gasteiger partial charge in [0.1, 0.15) is 4.90 Å². The lowest BCUT2D eigenvalue weighted by molar-refractivity contribution is -0.115. The average Bonchev–Trinajstić information content (AvgIpc) is 3.14. The molecule has 148 valence electrons. The highest BCUT2D eigenvalue weighted by Gasteiger charge is 2.30. The number of hydrogen-bond acceptors (Lipinski definition) is 5. The monoisotopic (exact) mass is 438 g/mol. The standard InChI is InChI=1S/C19H19ClN2O4S2/c20-15-6-5-14(12-18(15)28(24,25)22-7-9-26-10-8-22)21-19(23)17-11-13-3-1-2-4-16(13)27-17/h1-6,12,17H,7-11H2,(H,21,23). The molecule has 28 heavy (non-hydrogen) atoms. The van der Waals surface area contributed by atoms with Gasteiger partial charge < -0.3 is 10.1 Å². The smallest absolute Gasteiger partial charge is 0.244 e. The van der Waals surface area contributed by atoms with Gasteiger partial charge in [0.15, 0.2) is 0 Å². The first-order valence-corrected chi connectivity index (χ1v) is 11.6. The summed E-state index contributed by atoms with van der Waals surface area (Å²) in [5.41, 5.74) is 1.57. The number of nitrogens with one attached hydrogen (secondary N) is 1. The molecule has 1 amide bonds. The summed E-state index contributed by atoms with van der Waals surface area (Å²) in [5, 5.41) is 2.72. The largest absolute Gasteiger partial charge is 0.379 e. The molecule has 2 aliphatic rings. The Morgan fingerprint density at radius 3 is 2.68 bits per heavy atom. The molecule has 2 aliphatic heterocycles. The highest BCUT2D eigenvalue weighted by atomic mass is 35.5. The Morgan fingerprint density at radius 2 is 1.93 bits per heavy atom. The summed E-state index contributed by atoms with van der Waals surface area (Å²) < 4.78 is 32.4. The van der Waals surface area contributed by atoms with Crippen LogP contribution >= 0.6 is 23.4 Å². The lowest BCUT2D eigenvalue weighted by Crippen LogP contribution is -2.40. The van der Waals surface area contributed by atoms with Gasteiger partial charge in [0.2, 0.25) is 15.9 Å². The topological polar surface area (TPSA) is 75.7 Å². The Bertz CT molecular complexity index is 982. The fraction of sp³-hybridized carbons (Fsp3) is 0.316. The SMILES string of the molecule is O=C(Nc1ccc(Cl)c(S(=O)(=O)N2CCOCC2)c1)C1Cc2ccccc2S1. The number of amides is 1. The molecule has 0 aliphatic carbocycles. The van der Waals surface area contributed by atoms with Crippen molar-refractivity contribution in [1.82, 2.24) is 4.31 Å². The summed E-state index contributed by atoms with van der Waals surface area (Å²) in [5.74, 6) is -0.154. The Hall–Kier alpha value is -1.58. The normalized spacial score (nSPS) is 20.0. The van der Waals surface area contributed by atoms with Crippen molar-refractivity contribution in [3.63, 3.8) is 0 Å². The lowest BCUT2D eigenvalue weighted by atomic mass is 10.1. The van der Waals surface area contributed by atoms with E-state index >= 15 is 0 Å². The molecule has 1 atom stereocenters. The number of benzene rings is 2. The Morgan fingerprint density at radius 1 is 1.18 bits per heavy atom. The number of sulfonamides is 1. The van der Waals surface area contributed by atoms with E-state index in [-0.39, 0.29) is 34.2 Å². The average molecular weight is 439 g/mol. The zero-order valence-electron chi connectivity index (χ0n) is 14.9. The van der Waals surface area contributed by atoms with Crippen LogP contribution in [0.25, 0.3) is 0 Å². The van der Waals surface area contributed by atoms with Crippen molar-refractivity contribution < 1.29 is 17.9 Å². The lowest BCUT2D eigenvalue weighted by Gasteiger charge is -2.26. The minimum atomic E-state index is -3.75. The van der Waals surface area contributed by atoms with Gasteiger partial charge in [-0.15, -0.1) is 11.8 Å². The summed E-state index contributed by atoms with van der Waals surface area (Å²) >= 11 is 7.69. The number of hydrogen-bond donors (Lipinski definition) is 1. The molecule has 1 unspecified atom stereocenters. The molecule has 6 nitrogen and oxygen atoms in total. The number of rotatable bonds is 4. The second-order valence-corrected chi connectivity index (χ2v) is 10.1. The summed E-state index contributed by atoms with van der Waals surface area (Å²) in [7, 11) is -3.75. The summed E-state index contributed by atoms with van der Waals surface area (Å²) in [6.07, 6.45) is 0.652. The van der Waals surface area contributed by atoms with Crippen LogP contribution in [0.2, 0.25) is 5.02 Å². The molecule has 9 heteroatoms. The van der Waals surface area contributed by atoms with Crippen molar-refractivity contribution in [3.8, 4) is 0 Å². The third-order valence-electron chi connectivity index (χ3n) is 4.73. The van der Waals surface area contributed by atoms with Crippen LogP contribution in [0.4, 0.5) is 5.69 Å². The van der Waals surface area contributed by atoms with Crippen LogP contribution in [0.15, 0.2) is 52.3 Å². The number of ether oxygens (including phenoxy) is 1. The van der Waals surface area contributed by atoms with Crippen LogP contribution in [0.3, 0.4) is 0 Å². The van der Waals surface area contributed by atoms with E-state index in [0.29, 0.717) is 25.3 Å². The molecule has 1 fully saturated rings.